The topological polar surface area (TPSA) is 53.6 Å². The van der Waals surface area contributed by atoms with E-state index in [0.29, 0.717) is 17.6 Å². The van der Waals surface area contributed by atoms with E-state index < -0.39 is 0 Å². The van der Waals surface area contributed by atoms with Gasteiger partial charge in [0, 0.05) is 32.2 Å². The largest absolute Gasteiger partial charge is 0.385 e. The zero-order valence-electron chi connectivity index (χ0n) is 14.0. The summed E-state index contributed by atoms with van der Waals surface area (Å²) in [6, 6.07) is 2.04. The molecule has 0 aromatic carbocycles. The van der Waals surface area contributed by atoms with E-state index in [4.69, 9.17) is 17.0 Å². The summed E-state index contributed by atoms with van der Waals surface area (Å²) in [6.07, 6.45) is 4.25. The number of rotatable bonds is 5. The van der Waals surface area contributed by atoms with E-state index in [9.17, 15) is 4.79 Å². The molecule has 1 aromatic rings. The van der Waals surface area contributed by atoms with Crippen molar-refractivity contribution in [3.05, 3.63) is 21.4 Å². The van der Waals surface area contributed by atoms with Gasteiger partial charge in [-0.2, -0.15) is 0 Å². The number of hydrogen-bond donors (Lipinski definition) is 2. The van der Waals surface area contributed by atoms with Crippen molar-refractivity contribution in [2.75, 3.05) is 27.3 Å². The molecule has 1 aliphatic rings. The molecule has 0 bridgehead atoms. The minimum atomic E-state index is -0.0967. The Balaban J connectivity index is 1.85. The Labute approximate surface area is 147 Å². The average Bonchev–Trinajstić information content (AvgIpc) is 2.94. The lowest BCUT2D eigenvalue weighted by atomic mass is 9.90. The van der Waals surface area contributed by atoms with Crippen LogP contribution >= 0.6 is 23.6 Å². The zero-order chi connectivity index (χ0) is 16.8. The number of fused-ring (bicyclic) bond motifs is 1. The van der Waals surface area contributed by atoms with Crippen LogP contribution in [0.1, 0.15) is 39.9 Å². The number of methoxy groups -OCH3 is 1. The Morgan fingerprint density at radius 3 is 3.09 bits per heavy atom. The molecule has 7 heteroatoms. The van der Waals surface area contributed by atoms with Gasteiger partial charge in [-0.1, -0.05) is 6.92 Å². The third kappa shape index (κ3) is 5.16. The molecule has 0 fully saturated rings. The lowest BCUT2D eigenvalue weighted by molar-refractivity contribution is 0.0890. The maximum absolute atomic E-state index is 12.4. The van der Waals surface area contributed by atoms with E-state index in [1.807, 2.05) is 6.07 Å². The van der Waals surface area contributed by atoms with Crippen LogP contribution < -0.4 is 10.7 Å². The maximum Gasteiger partial charge on any atom is 0.279 e. The number of hydrogen-bond acceptors (Lipinski definition) is 4. The molecule has 1 aliphatic carbocycles. The van der Waals surface area contributed by atoms with Crippen molar-refractivity contribution in [1.29, 1.82) is 0 Å². The summed E-state index contributed by atoms with van der Waals surface area (Å²) in [4.78, 5) is 14.5. The molecular formula is C16H25N3O2S2. The SMILES string of the molecule is COCCCNC(=S)N(C)NC(=O)c1cc2c(s1)CC[C@H](C)C2. The summed E-state index contributed by atoms with van der Waals surface area (Å²) >= 11 is 6.86. The number of hydrazine groups is 1. The summed E-state index contributed by atoms with van der Waals surface area (Å²) in [7, 11) is 3.42. The highest BCUT2D eigenvalue weighted by molar-refractivity contribution is 7.80. The lowest BCUT2D eigenvalue weighted by Gasteiger charge is -2.21. The second-order valence-corrected chi connectivity index (χ2v) is 7.51. The Bertz CT molecular complexity index is 560. The molecule has 0 aliphatic heterocycles. The van der Waals surface area contributed by atoms with Gasteiger partial charge in [-0.15, -0.1) is 11.3 Å². The Morgan fingerprint density at radius 1 is 1.57 bits per heavy atom. The summed E-state index contributed by atoms with van der Waals surface area (Å²) in [5.41, 5.74) is 4.16. The van der Waals surface area contributed by atoms with Gasteiger partial charge in [0.1, 0.15) is 0 Å². The number of carbonyl (C=O) groups is 1. The molecule has 2 N–H and O–H groups in total. The van der Waals surface area contributed by atoms with E-state index in [1.54, 1.807) is 30.5 Å². The number of thiocarbonyl (C=S) groups is 1. The van der Waals surface area contributed by atoms with Gasteiger partial charge in [0.15, 0.2) is 5.11 Å². The summed E-state index contributed by atoms with van der Waals surface area (Å²) < 4.78 is 4.99. The Kier molecular flexibility index (Phi) is 6.80. The number of aryl methyl sites for hydroxylation is 1. The van der Waals surface area contributed by atoms with Crippen molar-refractivity contribution in [1.82, 2.24) is 15.8 Å². The molecule has 1 aromatic heterocycles. The molecule has 128 valence electrons. The van der Waals surface area contributed by atoms with Crippen LogP contribution in [-0.2, 0) is 17.6 Å². The van der Waals surface area contributed by atoms with Crippen LogP contribution in [0.15, 0.2) is 6.07 Å². The molecule has 5 nitrogen and oxygen atoms in total. The van der Waals surface area contributed by atoms with Crippen molar-refractivity contribution in [2.24, 2.45) is 5.92 Å². The molecule has 2 rings (SSSR count). The molecular weight excluding hydrogens is 330 g/mol. The van der Waals surface area contributed by atoms with E-state index in [-0.39, 0.29) is 5.91 Å². The first kappa shape index (κ1) is 18.2. The summed E-state index contributed by atoms with van der Waals surface area (Å²) in [6.45, 7) is 3.67. The van der Waals surface area contributed by atoms with Crippen molar-refractivity contribution in [3.8, 4) is 0 Å². The van der Waals surface area contributed by atoms with E-state index >= 15 is 0 Å². The monoisotopic (exact) mass is 355 g/mol. The van der Waals surface area contributed by atoms with Crippen molar-refractivity contribution < 1.29 is 9.53 Å². The first-order chi connectivity index (χ1) is 11.0. The number of amides is 1. The van der Waals surface area contributed by atoms with Crippen LogP contribution in [-0.4, -0.2) is 43.3 Å². The number of ether oxygens (including phenoxy) is 1. The lowest BCUT2D eigenvalue weighted by Crippen LogP contribution is -2.48. The van der Waals surface area contributed by atoms with Crippen LogP contribution in [0.3, 0.4) is 0 Å². The fourth-order valence-electron chi connectivity index (χ4n) is 2.61. The standard InChI is InChI=1S/C16H25N3O2S2/c1-11-5-6-13-12(9-11)10-14(23-13)15(20)18-19(2)16(22)17-7-4-8-21-3/h10-11H,4-9H2,1-3H3,(H,17,22)(H,18,20)/t11-/m0/s1. The van der Waals surface area contributed by atoms with Gasteiger partial charge in [-0.3, -0.25) is 15.2 Å². The molecule has 0 spiro atoms. The third-order valence-electron chi connectivity index (χ3n) is 3.93. The Hall–Kier alpha value is -1.18. The molecule has 0 saturated heterocycles. The molecule has 0 saturated carbocycles. The molecule has 1 heterocycles. The number of nitrogens with zero attached hydrogens (tertiary/aromatic N) is 1. The first-order valence-corrected chi connectivity index (χ1v) is 9.16. The molecule has 23 heavy (non-hydrogen) atoms. The molecule has 0 unspecified atom stereocenters. The van der Waals surface area contributed by atoms with Crippen LogP contribution in [0.4, 0.5) is 0 Å². The zero-order valence-corrected chi connectivity index (χ0v) is 15.6. The normalized spacial score (nSPS) is 16.6. The van der Waals surface area contributed by atoms with E-state index in [0.717, 1.165) is 30.7 Å². The molecule has 1 atom stereocenters. The van der Waals surface area contributed by atoms with Gasteiger partial charge in [0.05, 0.1) is 4.88 Å². The van der Waals surface area contributed by atoms with E-state index in [2.05, 4.69) is 17.7 Å². The number of thiophene rings is 1. The summed E-state index contributed by atoms with van der Waals surface area (Å²) in [5, 5.41) is 5.16. The van der Waals surface area contributed by atoms with Crippen molar-refractivity contribution in [2.45, 2.75) is 32.6 Å². The van der Waals surface area contributed by atoms with Gasteiger partial charge in [-0.05, 0) is 55.4 Å². The van der Waals surface area contributed by atoms with Crippen LogP contribution in [0.2, 0.25) is 0 Å². The number of nitrogens with one attached hydrogen (secondary N) is 2. The fourth-order valence-corrected chi connectivity index (χ4v) is 3.85. The minimum Gasteiger partial charge on any atom is -0.385 e. The number of carbonyl (C=O) groups excluding carboxylic acids is 1. The van der Waals surface area contributed by atoms with Gasteiger partial charge >= 0.3 is 0 Å². The predicted octanol–water partition coefficient (Wildman–Crippen LogP) is 2.36. The highest BCUT2D eigenvalue weighted by atomic mass is 32.1. The quantitative estimate of drug-likeness (QED) is 0.482. The first-order valence-electron chi connectivity index (χ1n) is 7.94. The van der Waals surface area contributed by atoms with Gasteiger partial charge in [-0.25, -0.2) is 0 Å². The highest BCUT2D eigenvalue weighted by Crippen LogP contribution is 2.32. The Morgan fingerprint density at radius 2 is 2.35 bits per heavy atom. The van der Waals surface area contributed by atoms with Crippen molar-refractivity contribution >= 4 is 34.6 Å². The summed E-state index contributed by atoms with van der Waals surface area (Å²) in [5.74, 6) is 0.611. The van der Waals surface area contributed by atoms with Crippen LogP contribution in [0, 0.1) is 5.92 Å². The highest BCUT2D eigenvalue weighted by Gasteiger charge is 2.21. The molecule has 1 amide bonds. The average molecular weight is 356 g/mol. The maximum atomic E-state index is 12.4. The van der Waals surface area contributed by atoms with Gasteiger partial charge < -0.3 is 10.1 Å². The van der Waals surface area contributed by atoms with E-state index in [1.165, 1.54) is 16.9 Å². The second-order valence-electron chi connectivity index (χ2n) is 5.99. The third-order valence-corrected chi connectivity index (χ3v) is 5.58. The fraction of sp³-hybridized carbons (Fsp3) is 0.625. The molecule has 0 radical (unpaired) electrons. The predicted molar refractivity (Wildman–Crippen MR) is 97.8 cm³/mol. The minimum absolute atomic E-state index is 0.0967. The smallest absolute Gasteiger partial charge is 0.279 e. The van der Waals surface area contributed by atoms with Gasteiger partial charge in [0.2, 0.25) is 0 Å². The van der Waals surface area contributed by atoms with Crippen molar-refractivity contribution in [3.63, 3.8) is 0 Å². The van der Waals surface area contributed by atoms with Crippen LogP contribution in [0.25, 0.3) is 0 Å². The van der Waals surface area contributed by atoms with Gasteiger partial charge in [0.25, 0.3) is 5.91 Å². The second kappa shape index (κ2) is 8.61. The van der Waals surface area contributed by atoms with Crippen LogP contribution in [0.5, 0.6) is 0 Å².